The first-order chi connectivity index (χ1) is 18.2. The highest BCUT2D eigenvalue weighted by molar-refractivity contribution is 6.03. The van der Waals surface area contributed by atoms with Gasteiger partial charge in [0.15, 0.2) is 22.9 Å². The number of aromatic nitrogens is 2. The van der Waals surface area contributed by atoms with Crippen molar-refractivity contribution in [2.75, 3.05) is 29.9 Å². The van der Waals surface area contributed by atoms with Gasteiger partial charge < -0.3 is 29.5 Å². The lowest BCUT2D eigenvalue weighted by Gasteiger charge is -2.33. The Labute approximate surface area is 221 Å². The maximum Gasteiger partial charge on any atom is 0.347 e. The van der Waals surface area contributed by atoms with E-state index in [0.717, 1.165) is 30.9 Å². The molecule has 0 saturated carbocycles. The highest BCUT2D eigenvalue weighted by atomic mass is 16.5. The van der Waals surface area contributed by atoms with Gasteiger partial charge in [0, 0.05) is 12.1 Å². The minimum atomic E-state index is -1.38. The molecule has 1 amide bonds. The lowest BCUT2D eigenvalue weighted by molar-refractivity contribution is -0.152. The lowest BCUT2D eigenvalue weighted by atomic mass is 10.1. The number of para-hydroxylation sites is 2. The number of carbonyl (C=O) groups excluding carboxylic acids is 1. The van der Waals surface area contributed by atoms with Gasteiger partial charge in [0.2, 0.25) is 0 Å². The summed E-state index contributed by atoms with van der Waals surface area (Å²) >= 11 is 0. The molecule has 0 aliphatic carbocycles. The summed E-state index contributed by atoms with van der Waals surface area (Å²) in [6.45, 7) is 6.84. The number of nitrogens with zero attached hydrogens (tertiary/aromatic N) is 3. The normalized spacial score (nSPS) is 15.4. The van der Waals surface area contributed by atoms with Crippen LogP contribution in [0.4, 0.5) is 11.6 Å². The van der Waals surface area contributed by atoms with Gasteiger partial charge in [-0.15, -0.1) is 0 Å². The first-order valence-corrected chi connectivity index (χ1v) is 12.5. The van der Waals surface area contributed by atoms with Crippen LogP contribution in [0.3, 0.4) is 0 Å². The molecular formula is C28H32N4O6. The Balaban J connectivity index is 1.39. The summed E-state index contributed by atoms with van der Waals surface area (Å²) in [5.41, 5.74) is -1.01. The molecule has 2 N–H and O–H groups in total. The molecule has 0 spiro atoms. The quantitative estimate of drug-likeness (QED) is 0.400. The number of ether oxygens (including phenoxy) is 3. The Kier molecular flexibility index (Phi) is 8.30. The summed E-state index contributed by atoms with van der Waals surface area (Å²) in [7, 11) is 0. The van der Waals surface area contributed by atoms with E-state index in [2.05, 4.69) is 20.2 Å². The zero-order chi connectivity index (χ0) is 27.1. The molecule has 38 heavy (non-hydrogen) atoms. The second-order valence-corrected chi connectivity index (χ2v) is 9.37. The summed E-state index contributed by atoms with van der Waals surface area (Å²) in [5.74, 6) is 1.31. The number of piperidine rings is 1. The molecule has 1 fully saturated rings. The van der Waals surface area contributed by atoms with Gasteiger partial charge in [-0.3, -0.25) is 9.78 Å². The van der Waals surface area contributed by atoms with E-state index >= 15 is 0 Å². The van der Waals surface area contributed by atoms with E-state index in [1.807, 2.05) is 31.2 Å². The number of carboxylic acid groups (broad SMARTS) is 1. The summed E-state index contributed by atoms with van der Waals surface area (Å²) in [6.07, 6.45) is 4.95. The molecule has 3 aromatic rings. The first kappa shape index (κ1) is 26.7. The number of carbonyl (C=O) groups is 2. The number of nitrogens with one attached hydrogen (secondary N) is 1. The Bertz CT molecular complexity index is 1260. The van der Waals surface area contributed by atoms with Crippen molar-refractivity contribution in [3.05, 3.63) is 66.5 Å². The van der Waals surface area contributed by atoms with Gasteiger partial charge >= 0.3 is 5.97 Å². The zero-order valence-corrected chi connectivity index (χ0v) is 21.7. The Morgan fingerprint density at radius 2 is 1.84 bits per heavy atom. The highest BCUT2D eigenvalue weighted by Crippen LogP contribution is 2.30. The number of hydrogen-bond acceptors (Lipinski definition) is 8. The van der Waals surface area contributed by atoms with Crippen LogP contribution in [0.2, 0.25) is 0 Å². The van der Waals surface area contributed by atoms with E-state index < -0.39 is 11.6 Å². The number of aliphatic carboxylic acids is 1. The Morgan fingerprint density at radius 3 is 2.55 bits per heavy atom. The zero-order valence-electron chi connectivity index (χ0n) is 21.7. The van der Waals surface area contributed by atoms with Crippen LogP contribution in [-0.2, 0) is 4.79 Å². The first-order valence-electron chi connectivity index (χ1n) is 12.5. The van der Waals surface area contributed by atoms with Gasteiger partial charge in [0.1, 0.15) is 17.7 Å². The molecular weight excluding hydrogens is 488 g/mol. The second-order valence-electron chi connectivity index (χ2n) is 9.37. The second kappa shape index (κ2) is 11.8. The summed E-state index contributed by atoms with van der Waals surface area (Å²) in [6, 6.07) is 13.9. The fourth-order valence-corrected chi connectivity index (χ4v) is 4.01. The highest BCUT2D eigenvalue weighted by Gasteiger charge is 2.29. The van der Waals surface area contributed by atoms with Crippen LogP contribution in [0.5, 0.6) is 17.2 Å². The molecule has 0 bridgehead atoms. The molecule has 2 heterocycles. The SMILES string of the molecule is CCOc1ccccc1O[C@@H]1CCCN(c2cncc(NC(=O)c3ccc(OC(C)(C)C(=O)O)cc3)n2)C1. The van der Waals surface area contributed by atoms with Crippen molar-refractivity contribution in [2.45, 2.75) is 45.3 Å². The standard InChI is InChI=1S/C28H32N4O6/c1-4-36-22-9-5-6-10-23(22)37-21-8-7-15-32(18-21)25-17-29-16-24(30-25)31-26(33)19-11-13-20(14-12-19)38-28(2,3)27(34)35/h5-6,9-14,16-17,21H,4,7-8,15,18H2,1-3H3,(H,34,35)(H,30,31,33)/t21-/m1/s1. The number of carboxylic acids is 1. The monoisotopic (exact) mass is 520 g/mol. The number of amides is 1. The molecule has 10 heteroatoms. The van der Waals surface area contributed by atoms with Gasteiger partial charge in [-0.2, -0.15) is 0 Å². The smallest absolute Gasteiger partial charge is 0.347 e. The van der Waals surface area contributed by atoms with Crippen molar-refractivity contribution < 1.29 is 28.9 Å². The maximum absolute atomic E-state index is 12.8. The third-order valence-electron chi connectivity index (χ3n) is 6.01. The van der Waals surface area contributed by atoms with Crippen molar-refractivity contribution in [1.82, 2.24) is 9.97 Å². The average Bonchev–Trinajstić information content (AvgIpc) is 2.90. The van der Waals surface area contributed by atoms with Gasteiger partial charge in [-0.25, -0.2) is 9.78 Å². The van der Waals surface area contributed by atoms with Crippen molar-refractivity contribution in [3.8, 4) is 17.2 Å². The van der Waals surface area contributed by atoms with Crippen LogP contribution < -0.4 is 24.4 Å². The Morgan fingerprint density at radius 1 is 1.11 bits per heavy atom. The van der Waals surface area contributed by atoms with Gasteiger partial charge in [0.05, 0.1) is 25.5 Å². The summed E-state index contributed by atoms with van der Waals surface area (Å²) in [4.78, 5) is 35.0. The summed E-state index contributed by atoms with van der Waals surface area (Å²) in [5, 5.41) is 12.0. The van der Waals surface area contributed by atoms with Gasteiger partial charge in [0.25, 0.3) is 5.91 Å². The third kappa shape index (κ3) is 6.70. The van der Waals surface area contributed by atoms with Crippen molar-refractivity contribution >= 4 is 23.5 Å². The lowest BCUT2D eigenvalue weighted by Crippen LogP contribution is -2.41. The molecule has 1 aliphatic rings. The van der Waals surface area contributed by atoms with Crippen LogP contribution in [0.25, 0.3) is 0 Å². The molecule has 1 aliphatic heterocycles. The molecule has 4 rings (SSSR count). The van der Waals surface area contributed by atoms with Crippen LogP contribution in [0.15, 0.2) is 60.9 Å². The largest absolute Gasteiger partial charge is 0.490 e. The van der Waals surface area contributed by atoms with E-state index in [-0.39, 0.29) is 12.0 Å². The van der Waals surface area contributed by atoms with E-state index in [9.17, 15) is 14.7 Å². The molecule has 200 valence electrons. The predicted molar refractivity (Wildman–Crippen MR) is 142 cm³/mol. The average molecular weight is 521 g/mol. The number of rotatable bonds is 10. The van der Waals surface area contributed by atoms with Crippen molar-refractivity contribution in [1.29, 1.82) is 0 Å². The molecule has 10 nitrogen and oxygen atoms in total. The number of benzene rings is 2. The number of anilines is 2. The van der Waals surface area contributed by atoms with E-state index in [1.165, 1.54) is 20.0 Å². The minimum Gasteiger partial charge on any atom is -0.490 e. The minimum absolute atomic E-state index is 0.0442. The molecule has 2 aromatic carbocycles. The van der Waals surface area contributed by atoms with Gasteiger partial charge in [-0.1, -0.05) is 12.1 Å². The topological polar surface area (TPSA) is 123 Å². The van der Waals surface area contributed by atoms with Crippen LogP contribution in [0, 0.1) is 0 Å². The fourth-order valence-electron chi connectivity index (χ4n) is 4.01. The van der Waals surface area contributed by atoms with Crippen LogP contribution in [0.1, 0.15) is 44.0 Å². The van der Waals surface area contributed by atoms with Crippen molar-refractivity contribution in [3.63, 3.8) is 0 Å². The van der Waals surface area contributed by atoms with E-state index in [0.29, 0.717) is 36.1 Å². The predicted octanol–water partition coefficient (Wildman–Crippen LogP) is 4.42. The fraction of sp³-hybridized carbons (Fsp3) is 0.357. The molecule has 1 atom stereocenters. The van der Waals surface area contributed by atoms with Gasteiger partial charge in [-0.05, 0) is 70.0 Å². The molecule has 1 saturated heterocycles. The van der Waals surface area contributed by atoms with Crippen LogP contribution >= 0.6 is 0 Å². The summed E-state index contributed by atoms with van der Waals surface area (Å²) < 4.78 is 17.4. The number of hydrogen-bond donors (Lipinski definition) is 2. The third-order valence-corrected chi connectivity index (χ3v) is 6.01. The van der Waals surface area contributed by atoms with E-state index in [1.54, 1.807) is 30.5 Å². The Hall–Kier alpha value is -4.34. The van der Waals surface area contributed by atoms with Crippen LogP contribution in [-0.4, -0.2) is 58.4 Å². The molecule has 0 radical (unpaired) electrons. The van der Waals surface area contributed by atoms with Crippen molar-refractivity contribution in [2.24, 2.45) is 0 Å². The molecule has 1 aromatic heterocycles. The van der Waals surface area contributed by atoms with E-state index in [4.69, 9.17) is 14.2 Å². The molecule has 0 unspecified atom stereocenters. The maximum atomic E-state index is 12.8.